The molecular formula is C14H18ClNO3. The number of hydrogen-bond donors (Lipinski definition) is 2. The Labute approximate surface area is 117 Å². The van der Waals surface area contributed by atoms with E-state index in [4.69, 9.17) is 16.3 Å². The molecule has 104 valence electrons. The Bertz CT molecular complexity index is 462. The third-order valence-corrected chi connectivity index (χ3v) is 3.97. The first-order valence-electron chi connectivity index (χ1n) is 6.22. The number of carbonyl (C=O) groups excluding carboxylic acids is 1. The maximum Gasteiger partial charge on any atom is 0.325 e. The summed E-state index contributed by atoms with van der Waals surface area (Å²) in [5.41, 5.74) is 0.253. The van der Waals surface area contributed by atoms with Gasteiger partial charge in [-0.25, -0.2) is 0 Å². The largest absolute Gasteiger partial charge is 0.468 e. The van der Waals surface area contributed by atoms with Crippen molar-refractivity contribution >= 4 is 17.6 Å². The van der Waals surface area contributed by atoms with Crippen LogP contribution in [0.1, 0.15) is 24.9 Å². The summed E-state index contributed by atoms with van der Waals surface area (Å²) in [6.07, 6.45) is 0.545. The van der Waals surface area contributed by atoms with Crippen LogP contribution < -0.4 is 5.32 Å². The molecule has 0 aliphatic carbocycles. The zero-order valence-electron chi connectivity index (χ0n) is 11.0. The highest BCUT2D eigenvalue weighted by molar-refractivity contribution is 6.30. The summed E-state index contributed by atoms with van der Waals surface area (Å²) < 4.78 is 4.83. The molecule has 1 aromatic rings. The fraction of sp³-hybridized carbons (Fsp3) is 0.500. The van der Waals surface area contributed by atoms with Gasteiger partial charge in [-0.15, -0.1) is 0 Å². The number of halogens is 1. The lowest BCUT2D eigenvalue weighted by Crippen LogP contribution is -2.45. The Kier molecular flexibility index (Phi) is 4.13. The quantitative estimate of drug-likeness (QED) is 0.832. The van der Waals surface area contributed by atoms with Crippen LogP contribution in [0.4, 0.5) is 0 Å². The van der Waals surface area contributed by atoms with E-state index in [1.165, 1.54) is 7.11 Å². The predicted octanol–water partition coefficient (Wildman–Crippen LogP) is 1.91. The molecule has 0 saturated carbocycles. The number of carbonyl (C=O) groups is 1. The molecule has 0 amide bonds. The van der Waals surface area contributed by atoms with Crippen molar-refractivity contribution in [2.24, 2.45) is 5.92 Å². The monoisotopic (exact) mass is 283 g/mol. The minimum absolute atomic E-state index is 0.0207. The van der Waals surface area contributed by atoms with Gasteiger partial charge in [-0.2, -0.15) is 0 Å². The first kappa shape index (κ1) is 14.3. The number of hydrogen-bond acceptors (Lipinski definition) is 4. The lowest BCUT2D eigenvalue weighted by molar-refractivity contribution is -0.147. The van der Waals surface area contributed by atoms with Crippen LogP contribution in [0.2, 0.25) is 5.02 Å². The number of rotatable bonds is 3. The number of benzene rings is 1. The second-order valence-electron chi connectivity index (χ2n) is 5.14. The van der Waals surface area contributed by atoms with Gasteiger partial charge in [-0.05, 0) is 31.0 Å². The minimum Gasteiger partial charge on any atom is -0.468 e. The third kappa shape index (κ3) is 2.76. The highest BCUT2D eigenvalue weighted by atomic mass is 35.5. The number of aliphatic hydroxyl groups excluding tert-OH is 1. The Morgan fingerprint density at radius 1 is 1.53 bits per heavy atom. The van der Waals surface area contributed by atoms with Crippen LogP contribution in [0.5, 0.6) is 0 Å². The van der Waals surface area contributed by atoms with Gasteiger partial charge in [0, 0.05) is 23.6 Å². The van der Waals surface area contributed by atoms with Crippen LogP contribution >= 0.6 is 11.6 Å². The van der Waals surface area contributed by atoms with Gasteiger partial charge in [0.05, 0.1) is 7.11 Å². The van der Waals surface area contributed by atoms with Gasteiger partial charge in [0.25, 0.3) is 0 Å². The summed E-state index contributed by atoms with van der Waals surface area (Å²) in [5, 5.41) is 13.5. The molecule has 4 nitrogen and oxygen atoms in total. The van der Waals surface area contributed by atoms with Crippen molar-refractivity contribution in [2.75, 3.05) is 13.7 Å². The molecular weight excluding hydrogens is 266 g/mol. The van der Waals surface area contributed by atoms with E-state index >= 15 is 0 Å². The maximum absolute atomic E-state index is 11.8. The number of esters is 1. The maximum atomic E-state index is 11.8. The molecule has 5 heteroatoms. The first-order chi connectivity index (χ1) is 9.00. The smallest absolute Gasteiger partial charge is 0.325 e. The van der Waals surface area contributed by atoms with E-state index < -0.39 is 5.54 Å². The Morgan fingerprint density at radius 3 is 2.68 bits per heavy atom. The molecule has 19 heavy (non-hydrogen) atoms. The van der Waals surface area contributed by atoms with E-state index in [9.17, 15) is 9.90 Å². The Morgan fingerprint density at radius 2 is 2.16 bits per heavy atom. The second kappa shape index (κ2) is 5.49. The lowest BCUT2D eigenvalue weighted by atomic mass is 9.91. The first-order valence-corrected chi connectivity index (χ1v) is 6.60. The van der Waals surface area contributed by atoms with Crippen LogP contribution in [0, 0.1) is 5.92 Å². The second-order valence-corrected chi connectivity index (χ2v) is 5.58. The highest BCUT2D eigenvalue weighted by Gasteiger charge is 2.47. The third-order valence-electron chi connectivity index (χ3n) is 3.72. The van der Waals surface area contributed by atoms with Crippen LogP contribution in [0.25, 0.3) is 0 Å². The van der Waals surface area contributed by atoms with E-state index in [2.05, 4.69) is 5.32 Å². The molecule has 1 aliphatic heterocycles. The van der Waals surface area contributed by atoms with E-state index in [0.717, 1.165) is 5.56 Å². The standard InChI is InChI=1S/C14H18ClNO3/c1-14(13(18)19-2)7-10(8-17)12(16-14)9-3-5-11(15)6-4-9/h3-6,10,12,16-17H,7-8H2,1-2H3/t10-,12-,14-/m1/s1. The molecule has 0 spiro atoms. The van der Waals surface area contributed by atoms with Crippen molar-refractivity contribution in [3.63, 3.8) is 0 Å². The Balaban J connectivity index is 2.25. The van der Waals surface area contributed by atoms with Gasteiger partial charge in [-0.3, -0.25) is 10.1 Å². The molecule has 0 bridgehead atoms. The predicted molar refractivity (Wildman–Crippen MR) is 72.9 cm³/mol. The highest BCUT2D eigenvalue weighted by Crippen LogP contribution is 2.38. The molecule has 1 fully saturated rings. The fourth-order valence-electron chi connectivity index (χ4n) is 2.73. The zero-order valence-corrected chi connectivity index (χ0v) is 11.8. The average Bonchev–Trinajstić information content (AvgIpc) is 2.77. The zero-order chi connectivity index (χ0) is 14.0. The number of aliphatic hydroxyl groups is 1. The van der Waals surface area contributed by atoms with Crippen LogP contribution in [0.15, 0.2) is 24.3 Å². The summed E-state index contributed by atoms with van der Waals surface area (Å²) in [4.78, 5) is 11.8. The SMILES string of the molecule is COC(=O)[C@@]1(C)C[C@H](CO)[C@@H](c2ccc(Cl)cc2)N1. The van der Waals surface area contributed by atoms with Crippen LogP contribution in [0.3, 0.4) is 0 Å². The van der Waals surface area contributed by atoms with Gasteiger partial charge in [-0.1, -0.05) is 23.7 Å². The number of nitrogens with one attached hydrogen (secondary N) is 1. The Hall–Kier alpha value is -1.10. The normalized spacial score (nSPS) is 30.3. The summed E-state index contributed by atoms with van der Waals surface area (Å²) in [7, 11) is 1.37. The molecule has 0 aromatic heterocycles. The molecule has 0 radical (unpaired) electrons. The van der Waals surface area contributed by atoms with Crippen molar-refractivity contribution in [3.8, 4) is 0 Å². The van der Waals surface area contributed by atoms with E-state index in [0.29, 0.717) is 11.4 Å². The number of ether oxygens (including phenoxy) is 1. The van der Waals surface area contributed by atoms with Crippen molar-refractivity contribution in [1.29, 1.82) is 0 Å². The summed E-state index contributed by atoms with van der Waals surface area (Å²) in [6, 6.07) is 7.35. The van der Waals surface area contributed by atoms with Crippen molar-refractivity contribution in [3.05, 3.63) is 34.9 Å². The average molecular weight is 284 g/mol. The molecule has 1 heterocycles. The molecule has 1 aromatic carbocycles. The van der Waals surface area contributed by atoms with Gasteiger partial charge >= 0.3 is 5.97 Å². The van der Waals surface area contributed by atoms with E-state index in [1.54, 1.807) is 19.1 Å². The topological polar surface area (TPSA) is 58.6 Å². The van der Waals surface area contributed by atoms with Crippen molar-refractivity contribution in [1.82, 2.24) is 5.32 Å². The molecule has 1 saturated heterocycles. The summed E-state index contributed by atoms with van der Waals surface area (Å²) in [6.45, 7) is 1.82. The summed E-state index contributed by atoms with van der Waals surface area (Å²) >= 11 is 5.87. The van der Waals surface area contributed by atoms with E-state index in [1.807, 2.05) is 12.1 Å². The fourth-order valence-corrected chi connectivity index (χ4v) is 2.85. The van der Waals surface area contributed by atoms with Gasteiger partial charge < -0.3 is 9.84 Å². The van der Waals surface area contributed by atoms with Gasteiger partial charge in [0.2, 0.25) is 0 Å². The van der Waals surface area contributed by atoms with Crippen LogP contribution in [-0.2, 0) is 9.53 Å². The van der Waals surface area contributed by atoms with Crippen molar-refractivity contribution < 1.29 is 14.6 Å². The minimum atomic E-state index is -0.757. The summed E-state index contributed by atoms with van der Waals surface area (Å²) in [5.74, 6) is -0.326. The van der Waals surface area contributed by atoms with E-state index in [-0.39, 0.29) is 24.5 Å². The molecule has 2 N–H and O–H groups in total. The van der Waals surface area contributed by atoms with Crippen LogP contribution in [-0.4, -0.2) is 30.3 Å². The lowest BCUT2D eigenvalue weighted by Gasteiger charge is -2.22. The number of methoxy groups -OCH3 is 1. The molecule has 3 atom stereocenters. The molecule has 0 unspecified atom stereocenters. The molecule has 1 aliphatic rings. The molecule has 2 rings (SSSR count). The van der Waals surface area contributed by atoms with Gasteiger partial charge in [0.1, 0.15) is 5.54 Å². The van der Waals surface area contributed by atoms with Gasteiger partial charge in [0.15, 0.2) is 0 Å². The van der Waals surface area contributed by atoms with Crippen molar-refractivity contribution in [2.45, 2.75) is 24.9 Å².